The molecule has 0 saturated heterocycles. The van der Waals surface area contributed by atoms with E-state index in [4.69, 9.17) is 10.5 Å². The van der Waals surface area contributed by atoms with Gasteiger partial charge in [0.05, 0.1) is 7.11 Å². The van der Waals surface area contributed by atoms with Crippen molar-refractivity contribution in [1.29, 1.82) is 0 Å². The van der Waals surface area contributed by atoms with E-state index in [1.54, 1.807) is 7.11 Å². The van der Waals surface area contributed by atoms with Crippen LogP contribution in [0.15, 0.2) is 18.2 Å². The number of fused-ring (bicyclic) bond motifs is 1. The molecule has 98 valence electrons. The van der Waals surface area contributed by atoms with E-state index in [2.05, 4.69) is 0 Å². The first-order valence-corrected chi connectivity index (χ1v) is 6.12. The van der Waals surface area contributed by atoms with E-state index in [1.807, 2.05) is 36.9 Å². The number of methoxy groups -OCH3 is 1. The molecule has 1 aliphatic heterocycles. The standard InChI is InChI=1S/C14H20N2O2/c1-14(2,15)7-13(17)16-8-10-5-4-6-12(18-3)11(10)9-16/h4-6H,7-9,15H2,1-3H3. The molecule has 2 N–H and O–H groups in total. The van der Waals surface area contributed by atoms with Crippen molar-refractivity contribution < 1.29 is 9.53 Å². The molecule has 0 aliphatic carbocycles. The van der Waals surface area contributed by atoms with Gasteiger partial charge in [-0.3, -0.25) is 4.79 Å². The fraction of sp³-hybridized carbons (Fsp3) is 0.500. The molecule has 1 amide bonds. The maximum absolute atomic E-state index is 12.1. The smallest absolute Gasteiger partial charge is 0.225 e. The molecule has 1 aromatic rings. The zero-order valence-electron chi connectivity index (χ0n) is 11.2. The molecule has 1 aliphatic rings. The SMILES string of the molecule is COc1cccc2c1CN(C(=O)CC(C)(C)N)C2. The van der Waals surface area contributed by atoms with Gasteiger partial charge in [-0.15, -0.1) is 0 Å². The first-order valence-electron chi connectivity index (χ1n) is 6.12. The topological polar surface area (TPSA) is 55.6 Å². The summed E-state index contributed by atoms with van der Waals surface area (Å²) in [4.78, 5) is 14.0. The summed E-state index contributed by atoms with van der Waals surface area (Å²) in [7, 11) is 1.66. The summed E-state index contributed by atoms with van der Waals surface area (Å²) in [6, 6.07) is 5.93. The fourth-order valence-electron chi connectivity index (χ4n) is 2.26. The Bertz CT molecular complexity index is 463. The number of rotatable bonds is 3. The monoisotopic (exact) mass is 248 g/mol. The average molecular weight is 248 g/mol. The molecule has 0 unspecified atom stereocenters. The van der Waals surface area contributed by atoms with Crippen molar-refractivity contribution in [3.63, 3.8) is 0 Å². The first-order chi connectivity index (χ1) is 8.40. The van der Waals surface area contributed by atoms with E-state index in [0.29, 0.717) is 19.5 Å². The van der Waals surface area contributed by atoms with Gasteiger partial charge in [-0.2, -0.15) is 0 Å². The molecule has 0 saturated carbocycles. The van der Waals surface area contributed by atoms with E-state index in [1.165, 1.54) is 0 Å². The lowest BCUT2D eigenvalue weighted by Crippen LogP contribution is -2.39. The van der Waals surface area contributed by atoms with Crippen LogP contribution in [0.3, 0.4) is 0 Å². The summed E-state index contributed by atoms with van der Waals surface area (Å²) in [5.41, 5.74) is 7.71. The van der Waals surface area contributed by atoms with Gasteiger partial charge in [0.1, 0.15) is 5.75 Å². The fourth-order valence-corrected chi connectivity index (χ4v) is 2.26. The highest BCUT2D eigenvalue weighted by Crippen LogP contribution is 2.31. The van der Waals surface area contributed by atoms with E-state index >= 15 is 0 Å². The lowest BCUT2D eigenvalue weighted by atomic mass is 10.0. The van der Waals surface area contributed by atoms with Crippen LogP contribution in [0.1, 0.15) is 31.4 Å². The Kier molecular flexibility index (Phi) is 3.30. The zero-order valence-corrected chi connectivity index (χ0v) is 11.2. The molecule has 0 aromatic heterocycles. The van der Waals surface area contributed by atoms with E-state index in [0.717, 1.165) is 16.9 Å². The van der Waals surface area contributed by atoms with Crippen LogP contribution in [0.25, 0.3) is 0 Å². The lowest BCUT2D eigenvalue weighted by Gasteiger charge is -2.22. The molecule has 1 aromatic carbocycles. The molecule has 2 rings (SSSR count). The summed E-state index contributed by atoms with van der Waals surface area (Å²) >= 11 is 0. The molecular formula is C14H20N2O2. The summed E-state index contributed by atoms with van der Waals surface area (Å²) in [5, 5.41) is 0. The first kappa shape index (κ1) is 12.9. The molecule has 4 nitrogen and oxygen atoms in total. The average Bonchev–Trinajstić information content (AvgIpc) is 2.70. The predicted molar refractivity (Wildman–Crippen MR) is 70.1 cm³/mol. The third kappa shape index (κ3) is 2.64. The third-order valence-corrected chi connectivity index (χ3v) is 3.12. The second-order valence-electron chi connectivity index (χ2n) is 5.51. The number of amides is 1. The van der Waals surface area contributed by atoms with Gasteiger partial charge in [-0.1, -0.05) is 12.1 Å². The summed E-state index contributed by atoms with van der Waals surface area (Å²) < 4.78 is 5.32. The quantitative estimate of drug-likeness (QED) is 0.885. The number of nitrogens with two attached hydrogens (primary N) is 1. The summed E-state index contributed by atoms with van der Waals surface area (Å²) in [6.07, 6.45) is 0.364. The maximum atomic E-state index is 12.1. The highest BCUT2D eigenvalue weighted by atomic mass is 16.5. The van der Waals surface area contributed by atoms with Crippen LogP contribution in [0.5, 0.6) is 5.75 Å². The highest BCUT2D eigenvalue weighted by Gasteiger charge is 2.28. The second kappa shape index (κ2) is 4.61. The molecule has 0 atom stereocenters. The van der Waals surface area contributed by atoms with Crippen molar-refractivity contribution >= 4 is 5.91 Å². The third-order valence-electron chi connectivity index (χ3n) is 3.12. The van der Waals surface area contributed by atoms with Gasteiger partial charge < -0.3 is 15.4 Å². The minimum atomic E-state index is -0.462. The Morgan fingerprint density at radius 3 is 2.78 bits per heavy atom. The number of carbonyl (C=O) groups excluding carboxylic acids is 1. The van der Waals surface area contributed by atoms with Crippen LogP contribution in [0, 0.1) is 0 Å². The molecule has 1 heterocycles. The Labute approximate surface area is 108 Å². The lowest BCUT2D eigenvalue weighted by molar-refractivity contribution is -0.132. The molecule has 0 fully saturated rings. The van der Waals surface area contributed by atoms with E-state index in [-0.39, 0.29) is 5.91 Å². The number of hydrogen-bond acceptors (Lipinski definition) is 3. The highest BCUT2D eigenvalue weighted by molar-refractivity contribution is 5.78. The summed E-state index contributed by atoms with van der Waals surface area (Å²) in [5.74, 6) is 0.954. The van der Waals surface area contributed by atoms with Crippen LogP contribution < -0.4 is 10.5 Å². The van der Waals surface area contributed by atoms with Crippen LogP contribution in [0.2, 0.25) is 0 Å². The number of ether oxygens (including phenoxy) is 1. The van der Waals surface area contributed by atoms with Gasteiger partial charge >= 0.3 is 0 Å². The van der Waals surface area contributed by atoms with Crippen LogP contribution in [0.4, 0.5) is 0 Å². The van der Waals surface area contributed by atoms with Crippen molar-refractivity contribution in [1.82, 2.24) is 4.90 Å². The number of hydrogen-bond donors (Lipinski definition) is 1. The minimum Gasteiger partial charge on any atom is -0.496 e. The van der Waals surface area contributed by atoms with Crippen LogP contribution in [-0.4, -0.2) is 23.5 Å². The molecule has 0 bridgehead atoms. The van der Waals surface area contributed by atoms with Gasteiger partial charge in [0.25, 0.3) is 0 Å². The number of benzene rings is 1. The van der Waals surface area contributed by atoms with Crippen molar-refractivity contribution in [2.45, 2.75) is 38.9 Å². The minimum absolute atomic E-state index is 0.0979. The van der Waals surface area contributed by atoms with Gasteiger partial charge in [-0.25, -0.2) is 0 Å². The van der Waals surface area contributed by atoms with Crippen LogP contribution in [-0.2, 0) is 17.9 Å². The predicted octanol–water partition coefficient (Wildman–Crippen LogP) is 1.66. The summed E-state index contributed by atoms with van der Waals surface area (Å²) in [6.45, 7) is 5.01. The van der Waals surface area contributed by atoms with Crippen LogP contribution >= 0.6 is 0 Å². The molecule has 4 heteroatoms. The van der Waals surface area contributed by atoms with Crippen molar-refractivity contribution in [2.24, 2.45) is 5.73 Å². The number of carbonyl (C=O) groups is 1. The molecule has 0 spiro atoms. The van der Waals surface area contributed by atoms with Crippen molar-refractivity contribution in [3.8, 4) is 5.75 Å². The largest absolute Gasteiger partial charge is 0.496 e. The molecular weight excluding hydrogens is 228 g/mol. The van der Waals surface area contributed by atoms with E-state index in [9.17, 15) is 4.79 Å². The Morgan fingerprint density at radius 2 is 2.17 bits per heavy atom. The number of nitrogens with zero attached hydrogens (tertiary/aromatic N) is 1. The van der Waals surface area contributed by atoms with Gasteiger partial charge in [0.15, 0.2) is 0 Å². The normalized spacial score (nSPS) is 14.6. The van der Waals surface area contributed by atoms with Gasteiger partial charge in [0, 0.05) is 30.6 Å². The Morgan fingerprint density at radius 1 is 1.44 bits per heavy atom. The Hall–Kier alpha value is -1.55. The van der Waals surface area contributed by atoms with Crippen molar-refractivity contribution in [3.05, 3.63) is 29.3 Å². The zero-order chi connectivity index (χ0) is 13.3. The molecule has 18 heavy (non-hydrogen) atoms. The maximum Gasteiger partial charge on any atom is 0.225 e. The Balaban J connectivity index is 2.13. The van der Waals surface area contributed by atoms with E-state index < -0.39 is 5.54 Å². The van der Waals surface area contributed by atoms with Gasteiger partial charge in [0.2, 0.25) is 5.91 Å². The van der Waals surface area contributed by atoms with Crippen molar-refractivity contribution in [2.75, 3.05) is 7.11 Å². The second-order valence-corrected chi connectivity index (χ2v) is 5.51. The molecule has 0 radical (unpaired) electrons. The van der Waals surface area contributed by atoms with Gasteiger partial charge in [-0.05, 0) is 25.5 Å².